The Kier molecular flexibility index (Phi) is 6.16. The molecule has 30 heavy (non-hydrogen) atoms. The summed E-state index contributed by atoms with van der Waals surface area (Å²) in [6, 6.07) is 12.2. The number of nitrogens with zero attached hydrogens (tertiary/aromatic N) is 2. The fraction of sp³-hybridized carbons (Fsp3) is 0.480. The standard InChI is InChI=1S/C25H31N3O2/c26-24(30)25(12-6-14-28(18-25)23(29)20-8-2-1-3-9-20)16-19-7-4-10-21(15-19)22-11-5-13-27-17-22/h4-5,7,10-11,13,15,17,20H,1-3,6,8-9,12,14,16,18H2,(H2,26,30)/t25-/m0/s1. The molecule has 1 saturated carbocycles. The van der Waals surface area contributed by atoms with Crippen LogP contribution in [0.5, 0.6) is 0 Å². The third kappa shape index (κ3) is 4.40. The molecule has 1 aromatic carbocycles. The topological polar surface area (TPSA) is 76.3 Å². The molecular weight excluding hydrogens is 374 g/mol. The average Bonchev–Trinajstić information content (AvgIpc) is 2.80. The number of hydrogen-bond donors (Lipinski definition) is 1. The summed E-state index contributed by atoms with van der Waals surface area (Å²) < 4.78 is 0. The van der Waals surface area contributed by atoms with E-state index < -0.39 is 5.41 Å². The quantitative estimate of drug-likeness (QED) is 0.818. The number of rotatable bonds is 5. The van der Waals surface area contributed by atoms with Crippen molar-refractivity contribution in [2.75, 3.05) is 13.1 Å². The van der Waals surface area contributed by atoms with Crippen molar-refractivity contribution in [2.24, 2.45) is 17.1 Å². The summed E-state index contributed by atoms with van der Waals surface area (Å²) in [5, 5.41) is 0. The van der Waals surface area contributed by atoms with E-state index in [-0.39, 0.29) is 17.7 Å². The molecule has 2 aromatic rings. The van der Waals surface area contributed by atoms with Crippen molar-refractivity contribution < 1.29 is 9.59 Å². The van der Waals surface area contributed by atoms with E-state index in [1.807, 2.05) is 35.4 Å². The van der Waals surface area contributed by atoms with Gasteiger partial charge in [0, 0.05) is 31.4 Å². The Morgan fingerprint density at radius 3 is 2.60 bits per heavy atom. The molecule has 1 saturated heterocycles. The lowest BCUT2D eigenvalue weighted by Gasteiger charge is -2.42. The Labute approximate surface area is 178 Å². The van der Waals surface area contributed by atoms with Crippen LogP contribution in [0, 0.1) is 11.3 Å². The summed E-state index contributed by atoms with van der Waals surface area (Å²) in [6.07, 6.45) is 11.2. The van der Waals surface area contributed by atoms with Crippen molar-refractivity contribution in [3.8, 4) is 11.1 Å². The highest BCUT2D eigenvalue weighted by Crippen LogP contribution is 2.36. The van der Waals surface area contributed by atoms with Gasteiger partial charge in [-0.15, -0.1) is 0 Å². The molecular formula is C25H31N3O2. The molecule has 4 rings (SSSR count). The van der Waals surface area contributed by atoms with Crippen LogP contribution in [0.15, 0.2) is 48.8 Å². The number of benzene rings is 1. The van der Waals surface area contributed by atoms with E-state index in [1.54, 1.807) is 6.20 Å². The predicted octanol–water partition coefficient (Wildman–Crippen LogP) is 3.97. The molecule has 2 aliphatic rings. The zero-order valence-corrected chi connectivity index (χ0v) is 17.6. The van der Waals surface area contributed by atoms with Crippen molar-refractivity contribution >= 4 is 11.8 Å². The molecule has 2 amide bonds. The summed E-state index contributed by atoms with van der Waals surface area (Å²) in [5.41, 5.74) is 8.45. The average molecular weight is 406 g/mol. The predicted molar refractivity (Wildman–Crippen MR) is 117 cm³/mol. The van der Waals surface area contributed by atoms with Gasteiger partial charge < -0.3 is 10.6 Å². The van der Waals surface area contributed by atoms with Gasteiger partial charge in [0.2, 0.25) is 11.8 Å². The SMILES string of the molecule is NC(=O)[C@]1(Cc2cccc(-c3cccnc3)c2)CCCN(C(=O)C2CCCCC2)C1. The highest BCUT2D eigenvalue weighted by Gasteiger charge is 2.43. The molecule has 0 spiro atoms. The zero-order valence-electron chi connectivity index (χ0n) is 17.6. The second-order valence-electron chi connectivity index (χ2n) is 8.96. The molecule has 158 valence electrons. The molecule has 1 aliphatic heterocycles. The number of pyridine rings is 1. The van der Waals surface area contributed by atoms with E-state index in [9.17, 15) is 9.59 Å². The Hall–Kier alpha value is -2.69. The molecule has 5 nitrogen and oxygen atoms in total. The molecule has 0 bridgehead atoms. The van der Waals surface area contributed by atoms with Crippen molar-refractivity contribution in [1.29, 1.82) is 0 Å². The number of primary amides is 1. The number of carbonyl (C=O) groups excluding carboxylic acids is 2. The minimum atomic E-state index is -0.698. The van der Waals surface area contributed by atoms with Crippen LogP contribution in [0.1, 0.15) is 50.5 Å². The first-order valence-corrected chi connectivity index (χ1v) is 11.2. The number of aromatic nitrogens is 1. The molecule has 1 aliphatic carbocycles. The molecule has 1 aromatic heterocycles. The molecule has 2 heterocycles. The van der Waals surface area contributed by atoms with E-state index in [1.165, 1.54) is 6.42 Å². The maximum absolute atomic E-state index is 13.1. The normalized spacial score (nSPS) is 22.6. The fourth-order valence-electron chi connectivity index (χ4n) is 5.15. The molecule has 0 radical (unpaired) electrons. The summed E-state index contributed by atoms with van der Waals surface area (Å²) in [4.78, 5) is 31.9. The van der Waals surface area contributed by atoms with E-state index in [0.717, 1.165) is 61.8 Å². The number of likely N-dealkylation sites (tertiary alicyclic amines) is 1. The van der Waals surface area contributed by atoms with Gasteiger partial charge in [-0.05, 0) is 54.9 Å². The van der Waals surface area contributed by atoms with Crippen LogP contribution in [0.4, 0.5) is 0 Å². The van der Waals surface area contributed by atoms with Gasteiger partial charge >= 0.3 is 0 Å². The molecule has 2 fully saturated rings. The van der Waals surface area contributed by atoms with E-state index in [0.29, 0.717) is 13.0 Å². The second-order valence-corrected chi connectivity index (χ2v) is 8.96. The van der Waals surface area contributed by atoms with Crippen LogP contribution in [0.25, 0.3) is 11.1 Å². The van der Waals surface area contributed by atoms with Gasteiger partial charge in [-0.3, -0.25) is 14.6 Å². The third-order valence-corrected chi connectivity index (χ3v) is 6.83. The maximum atomic E-state index is 13.1. The summed E-state index contributed by atoms with van der Waals surface area (Å²) in [6.45, 7) is 1.18. The van der Waals surface area contributed by atoms with Gasteiger partial charge in [-0.2, -0.15) is 0 Å². The van der Waals surface area contributed by atoms with Crippen molar-refractivity contribution in [1.82, 2.24) is 9.88 Å². The van der Waals surface area contributed by atoms with E-state index in [4.69, 9.17) is 5.73 Å². The van der Waals surface area contributed by atoms with E-state index >= 15 is 0 Å². The van der Waals surface area contributed by atoms with E-state index in [2.05, 4.69) is 17.1 Å². The number of nitrogens with two attached hydrogens (primary N) is 1. The van der Waals surface area contributed by atoms with Crippen LogP contribution >= 0.6 is 0 Å². The largest absolute Gasteiger partial charge is 0.369 e. The van der Waals surface area contributed by atoms with Gasteiger partial charge in [0.1, 0.15) is 0 Å². The van der Waals surface area contributed by atoms with Crippen molar-refractivity contribution in [3.05, 3.63) is 54.4 Å². The first kappa shape index (κ1) is 20.6. The van der Waals surface area contributed by atoms with Crippen molar-refractivity contribution in [2.45, 2.75) is 51.4 Å². The number of piperidine rings is 1. The Balaban J connectivity index is 1.54. The lowest BCUT2D eigenvalue weighted by Crippen LogP contribution is -2.54. The molecule has 2 N–H and O–H groups in total. The van der Waals surface area contributed by atoms with Gasteiger partial charge in [-0.25, -0.2) is 0 Å². The highest BCUT2D eigenvalue weighted by molar-refractivity contribution is 5.84. The summed E-state index contributed by atoms with van der Waals surface area (Å²) in [7, 11) is 0. The summed E-state index contributed by atoms with van der Waals surface area (Å²) >= 11 is 0. The van der Waals surface area contributed by atoms with Gasteiger partial charge in [0.05, 0.1) is 5.41 Å². The van der Waals surface area contributed by atoms with Crippen LogP contribution in [-0.4, -0.2) is 34.8 Å². The maximum Gasteiger partial charge on any atom is 0.225 e. The fourth-order valence-corrected chi connectivity index (χ4v) is 5.15. The molecule has 1 atom stereocenters. The monoisotopic (exact) mass is 405 g/mol. The highest BCUT2D eigenvalue weighted by atomic mass is 16.2. The Morgan fingerprint density at radius 2 is 1.87 bits per heavy atom. The van der Waals surface area contributed by atoms with Gasteiger partial charge in [0.15, 0.2) is 0 Å². The Bertz CT molecular complexity index is 892. The number of amides is 2. The lowest BCUT2D eigenvalue weighted by molar-refractivity contribution is -0.143. The smallest absolute Gasteiger partial charge is 0.225 e. The van der Waals surface area contributed by atoms with Gasteiger partial charge in [0.25, 0.3) is 0 Å². The third-order valence-electron chi connectivity index (χ3n) is 6.83. The van der Waals surface area contributed by atoms with Crippen molar-refractivity contribution in [3.63, 3.8) is 0 Å². The molecule has 0 unspecified atom stereocenters. The summed E-state index contributed by atoms with van der Waals surface area (Å²) in [5.74, 6) is 0.0518. The first-order chi connectivity index (χ1) is 14.6. The Morgan fingerprint density at radius 1 is 1.07 bits per heavy atom. The van der Waals surface area contributed by atoms with Gasteiger partial charge in [-0.1, -0.05) is 49.6 Å². The van der Waals surface area contributed by atoms with Crippen LogP contribution in [0.2, 0.25) is 0 Å². The number of hydrogen-bond acceptors (Lipinski definition) is 3. The lowest BCUT2D eigenvalue weighted by atomic mass is 9.73. The zero-order chi connectivity index (χ0) is 21.0. The van der Waals surface area contributed by atoms with Crippen LogP contribution < -0.4 is 5.73 Å². The molecule has 5 heteroatoms. The number of carbonyl (C=O) groups is 2. The minimum absolute atomic E-state index is 0.122. The minimum Gasteiger partial charge on any atom is -0.369 e. The second kappa shape index (κ2) is 8.99. The van der Waals surface area contributed by atoms with Crippen LogP contribution in [0.3, 0.4) is 0 Å². The first-order valence-electron chi connectivity index (χ1n) is 11.2. The van der Waals surface area contributed by atoms with Crippen LogP contribution in [-0.2, 0) is 16.0 Å².